The number of hydrogen-bond acceptors (Lipinski definition) is 3. The van der Waals surface area contributed by atoms with Crippen LogP contribution in [0.3, 0.4) is 0 Å². The molecule has 1 aliphatic heterocycles. The highest BCUT2D eigenvalue weighted by atomic mass is 15.0. The first-order chi connectivity index (χ1) is 6.40. The molecule has 1 aromatic rings. The SMILES string of the molecule is CNc1ccc(C2CCCN2)cn1. The van der Waals surface area contributed by atoms with Crippen LogP contribution in [0.4, 0.5) is 5.82 Å². The van der Waals surface area contributed by atoms with Gasteiger partial charge in [0.1, 0.15) is 5.82 Å². The minimum absolute atomic E-state index is 0.526. The minimum atomic E-state index is 0.526. The van der Waals surface area contributed by atoms with Crippen molar-refractivity contribution in [3.8, 4) is 0 Å². The van der Waals surface area contributed by atoms with E-state index in [4.69, 9.17) is 0 Å². The van der Waals surface area contributed by atoms with Crippen LogP contribution in [0.1, 0.15) is 24.4 Å². The lowest BCUT2D eigenvalue weighted by molar-refractivity contribution is 0.645. The fourth-order valence-electron chi connectivity index (χ4n) is 1.73. The van der Waals surface area contributed by atoms with Gasteiger partial charge in [-0.3, -0.25) is 0 Å². The summed E-state index contributed by atoms with van der Waals surface area (Å²) in [5.41, 5.74) is 1.30. The lowest BCUT2D eigenvalue weighted by atomic mass is 10.1. The predicted octanol–water partition coefficient (Wildman–Crippen LogP) is 1.55. The van der Waals surface area contributed by atoms with Crippen LogP contribution < -0.4 is 10.6 Å². The lowest BCUT2D eigenvalue weighted by Gasteiger charge is -2.10. The molecule has 2 heterocycles. The molecule has 0 spiro atoms. The molecule has 1 aliphatic rings. The molecule has 0 saturated carbocycles. The maximum Gasteiger partial charge on any atom is 0.125 e. The Morgan fingerprint density at radius 2 is 2.46 bits per heavy atom. The second-order valence-electron chi connectivity index (χ2n) is 3.38. The van der Waals surface area contributed by atoms with E-state index in [1.165, 1.54) is 18.4 Å². The van der Waals surface area contributed by atoms with Gasteiger partial charge in [-0.2, -0.15) is 0 Å². The Bertz CT molecular complexity index is 262. The van der Waals surface area contributed by atoms with Gasteiger partial charge in [0.2, 0.25) is 0 Å². The third kappa shape index (κ3) is 1.80. The van der Waals surface area contributed by atoms with Gasteiger partial charge in [0, 0.05) is 19.3 Å². The minimum Gasteiger partial charge on any atom is -0.373 e. The van der Waals surface area contributed by atoms with Crippen molar-refractivity contribution in [2.45, 2.75) is 18.9 Å². The zero-order chi connectivity index (χ0) is 9.10. The summed E-state index contributed by atoms with van der Waals surface area (Å²) in [7, 11) is 1.88. The molecule has 1 saturated heterocycles. The Labute approximate surface area is 78.6 Å². The van der Waals surface area contributed by atoms with Crippen molar-refractivity contribution < 1.29 is 0 Å². The predicted molar refractivity (Wildman–Crippen MR) is 53.8 cm³/mol. The monoisotopic (exact) mass is 177 g/mol. The summed E-state index contributed by atoms with van der Waals surface area (Å²) < 4.78 is 0. The number of nitrogens with zero attached hydrogens (tertiary/aromatic N) is 1. The van der Waals surface area contributed by atoms with E-state index >= 15 is 0 Å². The zero-order valence-electron chi connectivity index (χ0n) is 7.88. The van der Waals surface area contributed by atoms with Crippen molar-refractivity contribution in [3.05, 3.63) is 23.9 Å². The molecule has 3 heteroatoms. The summed E-state index contributed by atoms with van der Waals surface area (Å²) in [5.74, 6) is 0.932. The van der Waals surface area contributed by atoms with Crippen LogP contribution in [0.5, 0.6) is 0 Å². The summed E-state index contributed by atoms with van der Waals surface area (Å²) in [6.45, 7) is 1.14. The quantitative estimate of drug-likeness (QED) is 0.719. The highest BCUT2D eigenvalue weighted by molar-refractivity contribution is 5.35. The smallest absolute Gasteiger partial charge is 0.125 e. The molecule has 13 heavy (non-hydrogen) atoms. The van der Waals surface area contributed by atoms with Gasteiger partial charge in [-0.05, 0) is 31.0 Å². The molecule has 0 aromatic carbocycles. The van der Waals surface area contributed by atoms with E-state index < -0.39 is 0 Å². The summed E-state index contributed by atoms with van der Waals surface area (Å²) in [4.78, 5) is 4.29. The molecule has 2 N–H and O–H groups in total. The highest BCUT2D eigenvalue weighted by Gasteiger charge is 2.15. The third-order valence-electron chi connectivity index (χ3n) is 2.51. The maximum absolute atomic E-state index is 4.29. The Morgan fingerprint density at radius 3 is 3.00 bits per heavy atom. The molecule has 1 fully saturated rings. The van der Waals surface area contributed by atoms with Crippen LogP contribution in [-0.2, 0) is 0 Å². The largest absolute Gasteiger partial charge is 0.373 e. The van der Waals surface area contributed by atoms with Crippen LogP contribution in [0.2, 0.25) is 0 Å². The maximum atomic E-state index is 4.29. The Kier molecular flexibility index (Phi) is 2.45. The van der Waals surface area contributed by atoms with Crippen molar-refractivity contribution >= 4 is 5.82 Å². The second-order valence-corrected chi connectivity index (χ2v) is 3.38. The molecule has 0 radical (unpaired) electrons. The van der Waals surface area contributed by atoms with Crippen LogP contribution in [0.25, 0.3) is 0 Å². The molecule has 3 nitrogen and oxygen atoms in total. The van der Waals surface area contributed by atoms with Gasteiger partial charge in [-0.1, -0.05) is 6.07 Å². The fourth-order valence-corrected chi connectivity index (χ4v) is 1.73. The molecule has 0 aliphatic carbocycles. The fraction of sp³-hybridized carbons (Fsp3) is 0.500. The number of rotatable bonds is 2. The van der Waals surface area contributed by atoms with E-state index in [2.05, 4.69) is 21.7 Å². The number of hydrogen-bond donors (Lipinski definition) is 2. The topological polar surface area (TPSA) is 37.0 Å². The van der Waals surface area contributed by atoms with E-state index in [9.17, 15) is 0 Å². The van der Waals surface area contributed by atoms with E-state index in [0.29, 0.717) is 6.04 Å². The average Bonchev–Trinajstić information content (AvgIpc) is 2.71. The van der Waals surface area contributed by atoms with Crippen LogP contribution in [-0.4, -0.2) is 18.6 Å². The van der Waals surface area contributed by atoms with Crippen LogP contribution >= 0.6 is 0 Å². The number of pyridine rings is 1. The molecule has 1 atom stereocenters. The Hall–Kier alpha value is -1.09. The summed E-state index contributed by atoms with van der Waals surface area (Å²) in [6.07, 6.45) is 4.47. The average molecular weight is 177 g/mol. The number of aromatic nitrogens is 1. The highest BCUT2D eigenvalue weighted by Crippen LogP contribution is 2.22. The van der Waals surface area contributed by atoms with Gasteiger partial charge in [-0.25, -0.2) is 4.98 Å². The molecule has 0 amide bonds. The van der Waals surface area contributed by atoms with E-state index in [-0.39, 0.29) is 0 Å². The van der Waals surface area contributed by atoms with Crippen molar-refractivity contribution in [2.24, 2.45) is 0 Å². The van der Waals surface area contributed by atoms with Gasteiger partial charge in [0.15, 0.2) is 0 Å². The first kappa shape index (κ1) is 8.51. The normalized spacial score (nSPS) is 21.8. The van der Waals surface area contributed by atoms with Gasteiger partial charge in [-0.15, -0.1) is 0 Å². The van der Waals surface area contributed by atoms with Gasteiger partial charge < -0.3 is 10.6 Å². The molecule has 1 aromatic heterocycles. The summed E-state index contributed by atoms with van der Waals surface area (Å²) >= 11 is 0. The summed E-state index contributed by atoms with van der Waals surface area (Å²) in [5, 5.41) is 6.46. The van der Waals surface area contributed by atoms with Crippen molar-refractivity contribution in [1.29, 1.82) is 0 Å². The number of nitrogens with one attached hydrogen (secondary N) is 2. The Morgan fingerprint density at radius 1 is 1.54 bits per heavy atom. The molecule has 0 bridgehead atoms. The van der Waals surface area contributed by atoms with Gasteiger partial charge in [0.25, 0.3) is 0 Å². The third-order valence-corrected chi connectivity index (χ3v) is 2.51. The molecule has 1 unspecified atom stereocenters. The van der Waals surface area contributed by atoms with Crippen molar-refractivity contribution in [1.82, 2.24) is 10.3 Å². The van der Waals surface area contributed by atoms with Crippen LogP contribution in [0.15, 0.2) is 18.3 Å². The standard InChI is InChI=1S/C10H15N3/c1-11-10-5-4-8(7-13-10)9-3-2-6-12-9/h4-5,7,9,12H,2-3,6H2,1H3,(H,11,13). The first-order valence-corrected chi connectivity index (χ1v) is 4.77. The number of anilines is 1. The zero-order valence-corrected chi connectivity index (χ0v) is 7.88. The van der Waals surface area contributed by atoms with Crippen molar-refractivity contribution in [3.63, 3.8) is 0 Å². The molecular formula is C10H15N3. The van der Waals surface area contributed by atoms with Crippen LogP contribution in [0, 0.1) is 0 Å². The molecule has 2 rings (SSSR count). The van der Waals surface area contributed by atoms with E-state index in [1.807, 2.05) is 19.3 Å². The summed E-state index contributed by atoms with van der Waals surface area (Å²) in [6, 6.07) is 4.69. The van der Waals surface area contributed by atoms with Crippen molar-refractivity contribution in [2.75, 3.05) is 18.9 Å². The van der Waals surface area contributed by atoms with Gasteiger partial charge in [0.05, 0.1) is 0 Å². The molecular weight excluding hydrogens is 162 g/mol. The Balaban J connectivity index is 2.12. The molecule has 70 valence electrons. The van der Waals surface area contributed by atoms with Gasteiger partial charge >= 0.3 is 0 Å². The first-order valence-electron chi connectivity index (χ1n) is 4.77. The second kappa shape index (κ2) is 3.75. The van der Waals surface area contributed by atoms with E-state index in [0.717, 1.165) is 12.4 Å². The lowest BCUT2D eigenvalue weighted by Crippen LogP contribution is -2.13. The van der Waals surface area contributed by atoms with E-state index in [1.54, 1.807) is 0 Å².